The Morgan fingerprint density at radius 3 is 2.71 bits per heavy atom. The van der Waals surface area contributed by atoms with Crippen molar-refractivity contribution in [3.63, 3.8) is 0 Å². The molecule has 1 N–H and O–H groups in total. The highest BCUT2D eigenvalue weighted by atomic mass is 16.6. The molecular formula is C11H16N2O4. The van der Waals surface area contributed by atoms with Crippen LogP contribution in [0.5, 0.6) is 5.75 Å². The van der Waals surface area contributed by atoms with Crippen molar-refractivity contribution in [2.75, 3.05) is 25.6 Å². The molecule has 0 aromatic heterocycles. The Morgan fingerprint density at radius 1 is 1.59 bits per heavy atom. The minimum atomic E-state index is -0.564. The first-order valence-electron chi connectivity index (χ1n) is 5.18. The number of aliphatic hydroxyl groups is 1. The van der Waals surface area contributed by atoms with Crippen molar-refractivity contribution in [1.82, 2.24) is 0 Å². The van der Waals surface area contributed by atoms with Gasteiger partial charge in [-0.15, -0.1) is 0 Å². The Kier molecular flexibility index (Phi) is 4.28. The Hall–Kier alpha value is -1.82. The number of aliphatic hydroxyl groups excluding tert-OH is 1. The molecular weight excluding hydrogens is 224 g/mol. The predicted molar refractivity (Wildman–Crippen MR) is 64.6 cm³/mol. The molecule has 0 saturated carbocycles. The number of likely N-dealkylation sites (N-methyl/N-ethyl adjacent to an activating group) is 1. The van der Waals surface area contributed by atoms with Gasteiger partial charge in [0.15, 0.2) is 5.75 Å². The second-order valence-corrected chi connectivity index (χ2v) is 3.81. The summed E-state index contributed by atoms with van der Waals surface area (Å²) in [5.41, 5.74) is 0.341. The van der Waals surface area contributed by atoms with Crippen LogP contribution in [0.3, 0.4) is 0 Å². The fraction of sp³-hybridized carbons (Fsp3) is 0.455. The predicted octanol–water partition coefficient (Wildman–Crippen LogP) is 1.42. The number of methoxy groups -OCH3 is 1. The zero-order valence-corrected chi connectivity index (χ0v) is 10.1. The second-order valence-electron chi connectivity index (χ2n) is 3.81. The van der Waals surface area contributed by atoms with Crippen LogP contribution in [0.1, 0.15) is 6.92 Å². The van der Waals surface area contributed by atoms with Gasteiger partial charge in [0, 0.05) is 13.6 Å². The lowest BCUT2D eigenvalue weighted by molar-refractivity contribution is -0.385. The summed E-state index contributed by atoms with van der Waals surface area (Å²) >= 11 is 0. The Morgan fingerprint density at radius 2 is 2.24 bits per heavy atom. The molecule has 0 radical (unpaired) electrons. The van der Waals surface area contributed by atoms with Crippen LogP contribution in [0.4, 0.5) is 11.4 Å². The molecule has 1 aromatic rings. The Labute approximate surface area is 99.6 Å². The molecule has 0 amide bonds. The maximum Gasteiger partial charge on any atom is 0.333 e. The molecule has 0 spiro atoms. The summed E-state index contributed by atoms with van der Waals surface area (Å²) in [6, 6.07) is 4.85. The maximum absolute atomic E-state index is 11.0. The molecule has 0 bridgehead atoms. The average Bonchev–Trinajstić information content (AvgIpc) is 2.26. The zero-order chi connectivity index (χ0) is 13.0. The van der Waals surface area contributed by atoms with Crippen molar-refractivity contribution in [2.45, 2.75) is 13.0 Å². The van der Waals surface area contributed by atoms with Gasteiger partial charge in [-0.05, 0) is 19.1 Å². The van der Waals surface area contributed by atoms with Gasteiger partial charge in [-0.3, -0.25) is 10.1 Å². The van der Waals surface area contributed by atoms with Crippen LogP contribution >= 0.6 is 0 Å². The summed E-state index contributed by atoms with van der Waals surface area (Å²) in [5.74, 6) is 0.213. The first-order valence-corrected chi connectivity index (χ1v) is 5.18. The fourth-order valence-electron chi connectivity index (χ4n) is 1.66. The fourth-order valence-corrected chi connectivity index (χ4v) is 1.66. The number of ether oxygens (including phenoxy) is 1. The molecule has 0 aliphatic carbocycles. The third kappa shape index (κ3) is 3.07. The molecule has 1 aromatic carbocycles. The highest BCUT2D eigenvalue weighted by Crippen LogP contribution is 2.36. The molecule has 17 heavy (non-hydrogen) atoms. The van der Waals surface area contributed by atoms with Crippen molar-refractivity contribution >= 4 is 11.4 Å². The van der Waals surface area contributed by atoms with Gasteiger partial charge in [0.2, 0.25) is 0 Å². The highest BCUT2D eigenvalue weighted by molar-refractivity contribution is 5.69. The Balaban J connectivity index is 3.18. The first-order chi connectivity index (χ1) is 7.97. The van der Waals surface area contributed by atoms with Gasteiger partial charge in [-0.1, -0.05) is 6.07 Å². The van der Waals surface area contributed by atoms with Crippen molar-refractivity contribution < 1.29 is 14.8 Å². The summed E-state index contributed by atoms with van der Waals surface area (Å²) in [6.07, 6.45) is -0.564. The van der Waals surface area contributed by atoms with E-state index in [0.29, 0.717) is 12.2 Å². The van der Waals surface area contributed by atoms with Gasteiger partial charge in [-0.25, -0.2) is 0 Å². The molecule has 6 heteroatoms. The number of hydrogen-bond donors (Lipinski definition) is 1. The first kappa shape index (κ1) is 13.2. The molecule has 0 aliphatic heterocycles. The summed E-state index contributed by atoms with van der Waals surface area (Å²) in [6.45, 7) is 1.94. The van der Waals surface area contributed by atoms with Crippen LogP contribution in [0.2, 0.25) is 0 Å². The summed E-state index contributed by atoms with van der Waals surface area (Å²) < 4.78 is 4.97. The number of benzene rings is 1. The summed E-state index contributed by atoms with van der Waals surface area (Å²) in [7, 11) is 3.08. The van der Waals surface area contributed by atoms with Crippen LogP contribution in [0.15, 0.2) is 18.2 Å². The molecule has 0 aliphatic rings. The van der Waals surface area contributed by atoms with E-state index in [4.69, 9.17) is 4.74 Å². The highest BCUT2D eigenvalue weighted by Gasteiger charge is 2.23. The number of nitro benzene ring substituents is 1. The number of anilines is 1. The van der Waals surface area contributed by atoms with E-state index < -0.39 is 11.0 Å². The summed E-state index contributed by atoms with van der Waals surface area (Å²) in [5, 5.41) is 20.3. The van der Waals surface area contributed by atoms with E-state index in [2.05, 4.69) is 0 Å². The third-order valence-electron chi connectivity index (χ3n) is 2.33. The number of nitro groups is 1. The van der Waals surface area contributed by atoms with Crippen LogP contribution in [-0.4, -0.2) is 36.8 Å². The van der Waals surface area contributed by atoms with Crippen LogP contribution < -0.4 is 9.64 Å². The van der Waals surface area contributed by atoms with E-state index in [0.717, 1.165) is 0 Å². The number of rotatable bonds is 5. The van der Waals surface area contributed by atoms with Crippen LogP contribution in [-0.2, 0) is 0 Å². The molecule has 1 rings (SSSR count). The van der Waals surface area contributed by atoms with E-state index in [1.165, 1.54) is 13.2 Å². The lowest BCUT2D eigenvalue weighted by Crippen LogP contribution is -2.27. The molecule has 0 heterocycles. The van der Waals surface area contributed by atoms with Gasteiger partial charge in [-0.2, -0.15) is 0 Å². The van der Waals surface area contributed by atoms with Crippen LogP contribution in [0, 0.1) is 10.1 Å². The molecule has 0 saturated heterocycles. The normalized spacial score (nSPS) is 12.0. The van der Waals surface area contributed by atoms with E-state index in [1.54, 1.807) is 31.0 Å². The zero-order valence-electron chi connectivity index (χ0n) is 10.1. The largest absolute Gasteiger partial charge is 0.490 e. The maximum atomic E-state index is 11.0. The minimum absolute atomic E-state index is 0.0850. The van der Waals surface area contributed by atoms with Gasteiger partial charge in [0.05, 0.1) is 18.1 Å². The van der Waals surface area contributed by atoms with Crippen molar-refractivity contribution in [1.29, 1.82) is 0 Å². The lowest BCUT2D eigenvalue weighted by atomic mass is 10.2. The van der Waals surface area contributed by atoms with Crippen LogP contribution in [0.25, 0.3) is 0 Å². The topological polar surface area (TPSA) is 75.8 Å². The molecule has 94 valence electrons. The average molecular weight is 240 g/mol. The van der Waals surface area contributed by atoms with Gasteiger partial charge in [0.25, 0.3) is 0 Å². The van der Waals surface area contributed by atoms with Gasteiger partial charge >= 0.3 is 5.69 Å². The van der Waals surface area contributed by atoms with Crippen molar-refractivity contribution in [3.8, 4) is 5.75 Å². The lowest BCUT2D eigenvalue weighted by Gasteiger charge is -2.21. The van der Waals surface area contributed by atoms with Crippen molar-refractivity contribution in [2.24, 2.45) is 0 Å². The Bertz CT molecular complexity index is 406. The SMILES string of the molecule is COc1cccc(N(C)CC(C)O)c1[N+](=O)[O-]. The van der Waals surface area contributed by atoms with Gasteiger partial charge < -0.3 is 14.7 Å². The van der Waals surface area contributed by atoms with E-state index in [-0.39, 0.29) is 11.4 Å². The number of nitrogens with zero attached hydrogens (tertiary/aromatic N) is 2. The van der Waals surface area contributed by atoms with Gasteiger partial charge in [0.1, 0.15) is 5.69 Å². The number of hydrogen-bond acceptors (Lipinski definition) is 5. The van der Waals surface area contributed by atoms with E-state index in [1.807, 2.05) is 0 Å². The van der Waals surface area contributed by atoms with E-state index >= 15 is 0 Å². The smallest absolute Gasteiger partial charge is 0.333 e. The second kappa shape index (κ2) is 5.49. The minimum Gasteiger partial charge on any atom is -0.490 e. The monoisotopic (exact) mass is 240 g/mol. The molecule has 1 atom stereocenters. The quantitative estimate of drug-likeness (QED) is 0.622. The summed E-state index contributed by atoms with van der Waals surface area (Å²) in [4.78, 5) is 12.2. The van der Waals surface area contributed by atoms with Crippen molar-refractivity contribution in [3.05, 3.63) is 28.3 Å². The molecule has 6 nitrogen and oxygen atoms in total. The van der Waals surface area contributed by atoms with E-state index in [9.17, 15) is 15.2 Å². The molecule has 0 fully saturated rings. The third-order valence-corrected chi connectivity index (χ3v) is 2.33. The number of para-hydroxylation sites is 1. The molecule has 1 unspecified atom stereocenters. The standard InChI is InChI=1S/C11H16N2O4/c1-8(14)7-12(2)9-5-4-6-10(17-3)11(9)13(15)16/h4-6,8,14H,7H2,1-3H3.